The highest BCUT2D eigenvalue weighted by Crippen LogP contribution is 2.21. The summed E-state index contributed by atoms with van der Waals surface area (Å²) in [5.74, 6) is -0.166. The molecule has 0 saturated carbocycles. The number of benzene rings is 2. The van der Waals surface area contributed by atoms with Crippen molar-refractivity contribution in [1.29, 1.82) is 0 Å². The molecule has 3 nitrogen and oxygen atoms in total. The SMILES string of the molecule is O=C(CCSc1ccccc1)OCC(=O)c1ccc(Cl)cc1Cl. The predicted octanol–water partition coefficient (Wildman–Crippen LogP) is 4.90. The number of carbonyl (C=O) groups is 2. The summed E-state index contributed by atoms with van der Waals surface area (Å²) >= 11 is 13.3. The molecule has 0 aliphatic rings. The van der Waals surface area contributed by atoms with Gasteiger partial charge in [0.2, 0.25) is 5.78 Å². The van der Waals surface area contributed by atoms with Crippen LogP contribution in [-0.2, 0) is 9.53 Å². The summed E-state index contributed by atoms with van der Waals surface area (Å²) in [6, 6.07) is 14.3. The Labute approximate surface area is 148 Å². The third-order valence-electron chi connectivity index (χ3n) is 2.91. The lowest BCUT2D eigenvalue weighted by Gasteiger charge is -2.06. The molecule has 0 radical (unpaired) electrons. The Balaban J connectivity index is 1.74. The molecule has 0 aliphatic heterocycles. The molecule has 2 aromatic rings. The number of ether oxygens (including phenoxy) is 1. The number of halogens is 2. The maximum absolute atomic E-state index is 12.0. The lowest BCUT2D eigenvalue weighted by atomic mass is 10.1. The fraction of sp³-hybridized carbons (Fsp3) is 0.176. The number of esters is 1. The first kappa shape index (κ1) is 17.9. The lowest BCUT2D eigenvalue weighted by molar-refractivity contribution is -0.141. The van der Waals surface area contributed by atoms with Crippen LogP contribution in [0.4, 0.5) is 0 Å². The summed E-state index contributed by atoms with van der Waals surface area (Å²) in [5, 5.41) is 0.694. The first-order chi connectivity index (χ1) is 11.1. The van der Waals surface area contributed by atoms with E-state index in [0.717, 1.165) is 4.90 Å². The van der Waals surface area contributed by atoms with Crippen LogP contribution >= 0.6 is 35.0 Å². The molecule has 0 bridgehead atoms. The molecule has 0 N–H and O–H groups in total. The van der Waals surface area contributed by atoms with Gasteiger partial charge in [-0.3, -0.25) is 9.59 Å². The highest BCUT2D eigenvalue weighted by Gasteiger charge is 2.13. The van der Waals surface area contributed by atoms with Crippen LogP contribution < -0.4 is 0 Å². The molecule has 6 heteroatoms. The van der Waals surface area contributed by atoms with E-state index in [9.17, 15) is 9.59 Å². The third kappa shape index (κ3) is 5.90. The summed E-state index contributed by atoms with van der Waals surface area (Å²) in [6.45, 7) is -0.323. The molecule has 0 saturated heterocycles. The standard InChI is InChI=1S/C17H14Cl2O3S/c18-12-6-7-14(15(19)10-12)16(20)11-22-17(21)8-9-23-13-4-2-1-3-5-13/h1-7,10H,8-9,11H2. The van der Waals surface area contributed by atoms with E-state index in [4.69, 9.17) is 27.9 Å². The van der Waals surface area contributed by atoms with Crippen molar-refractivity contribution in [3.8, 4) is 0 Å². The van der Waals surface area contributed by atoms with E-state index in [2.05, 4.69) is 0 Å². The smallest absolute Gasteiger partial charge is 0.307 e. The molecule has 0 spiro atoms. The van der Waals surface area contributed by atoms with Crippen molar-refractivity contribution in [1.82, 2.24) is 0 Å². The molecule has 120 valence electrons. The molecular formula is C17H14Cl2O3S. The Morgan fingerprint density at radius 1 is 1.04 bits per heavy atom. The van der Waals surface area contributed by atoms with Crippen LogP contribution in [0.1, 0.15) is 16.8 Å². The molecule has 0 heterocycles. The second-order valence-electron chi connectivity index (χ2n) is 4.62. The van der Waals surface area contributed by atoms with Gasteiger partial charge in [-0.05, 0) is 30.3 Å². The average molecular weight is 369 g/mol. The summed E-state index contributed by atoms with van der Waals surface area (Å²) in [4.78, 5) is 24.7. The van der Waals surface area contributed by atoms with Gasteiger partial charge in [-0.2, -0.15) is 0 Å². The van der Waals surface area contributed by atoms with Crippen molar-refractivity contribution < 1.29 is 14.3 Å². The van der Waals surface area contributed by atoms with Crippen molar-refractivity contribution in [3.05, 3.63) is 64.1 Å². The van der Waals surface area contributed by atoms with Crippen LogP contribution in [-0.4, -0.2) is 24.1 Å². The van der Waals surface area contributed by atoms with Crippen LogP contribution in [0.15, 0.2) is 53.4 Å². The predicted molar refractivity (Wildman–Crippen MR) is 93.5 cm³/mol. The largest absolute Gasteiger partial charge is 0.457 e. The lowest BCUT2D eigenvalue weighted by Crippen LogP contribution is -2.14. The molecule has 0 aromatic heterocycles. The van der Waals surface area contributed by atoms with Crippen molar-refractivity contribution in [2.75, 3.05) is 12.4 Å². The fourth-order valence-electron chi connectivity index (χ4n) is 1.78. The Morgan fingerprint density at radius 3 is 2.48 bits per heavy atom. The maximum atomic E-state index is 12.0. The Bertz CT molecular complexity index is 689. The zero-order valence-corrected chi connectivity index (χ0v) is 14.5. The first-order valence-electron chi connectivity index (χ1n) is 6.88. The van der Waals surface area contributed by atoms with Crippen molar-refractivity contribution >= 4 is 46.7 Å². The molecular weight excluding hydrogens is 355 g/mol. The summed E-state index contributed by atoms with van der Waals surface area (Å²) < 4.78 is 4.99. The van der Waals surface area contributed by atoms with Crippen LogP contribution in [0.2, 0.25) is 10.0 Å². The van der Waals surface area contributed by atoms with Crippen molar-refractivity contribution in [2.45, 2.75) is 11.3 Å². The molecule has 0 unspecified atom stereocenters. The van der Waals surface area contributed by atoms with Gasteiger partial charge in [-0.15, -0.1) is 11.8 Å². The van der Waals surface area contributed by atoms with Gasteiger partial charge in [0.25, 0.3) is 0 Å². The fourth-order valence-corrected chi connectivity index (χ4v) is 3.15. The zero-order chi connectivity index (χ0) is 16.7. The van der Waals surface area contributed by atoms with E-state index in [1.807, 2.05) is 30.3 Å². The Hall–Kier alpha value is -1.49. The summed E-state index contributed by atoms with van der Waals surface area (Å²) in [7, 11) is 0. The monoisotopic (exact) mass is 368 g/mol. The van der Waals surface area contributed by atoms with E-state index in [-0.39, 0.29) is 23.8 Å². The Morgan fingerprint density at radius 2 is 1.78 bits per heavy atom. The topological polar surface area (TPSA) is 43.4 Å². The maximum Gasteiger partial charge on any atom is 0.307 e. The molecule has 23 heavy (non-hydrogen) atoms. The van der Waals surface area contributed by atoms with Crippen LogP contribution in [0.5, 0.6) is 0 Å². The summed E-state index contributed by atoms with van der Waals surface area (Å²) in [6.07, 6.45) is 0.237. The molecule has 0 aliphatic carbocycles. The van der Waals surface area contributed by atoms with Crippen LogP contribution in [0.3, 0.4) is 0 Å². The quantitative estimate of drug-likeness (QED) is 0.396. The number of hydrogen-bond donors (Lipinski definition) is 0. The van der Waals surface area contributed by atoms with E-state index in [0.29, 0.717) is 16.3 Å². The highest BCUT2D eigenvalue weighted by molar-refractivity contribution is 7.99. The van der Waals surface area contributed by atoms with E-state index < -0.39 is 5.97 Å². The number of carbonyl (C=O) groups excluding carboxylic acids is 2. The van der Waals surface area contributed by atoms with Gasteiger partial charge < -0.3 is 4.74 Å². The van der Waals surface area contributed by atoms with E-state index >= 15 is 0 Å². The molecule has 0 amide bonds. The molecule has 2 rings (SSSR count). The molecule has 0 fully saturated rings. The highest BCUT2D eigenvalue weighted by atomic mass is 35.5. The average Bonchev–Trinajstić information content (AvgIpc) is 2.53. The van der Waals surface area contributed by atoms with Gasteiger partial charge in [0.15, 0.2) is 6.61 Å². The van der Waals surface area contributed by atoms with Gasteiger partial charge >= 0.3 is 5.97 Å². The van der Waals surface area contributed by atoms with Gasteiger partial charge in [0, 0.05) is 21.2 Å². The minimum Gasteiger partial charge on any atom is -0.457 e. The van der Waals surface area contributed by atoms with Crippen molar-refractivity contribution in [3.63, 3.8) is 0 Å². The minimum atomic E-state index is -0.410. The van der Waals surface area contributed by atoms with Crippen molar-refractivity contribution in [2.24, 2.45) is 0 Å². The second-order valence-corrected chi connectivity index (χ2v) is 6.63. The zero-order valence-electron chi connectivity index (χ0n) is 12.1. The van der Waals surface area contributed by atoms with Gasteiger partial charge in [0.1, 0.15) is 0 Å². The Kier molecular flexibility index (Phi) is 6.96. The van der Waals surface area contributed by atoms with Gasteiger partial charge in [0.05, 0.1) is 11.4 Å². The van der Waals surface area contributed by atoms with E-state index in [1.54, 1.807) is 17.8 Å². The number of Topliss-reactive ketones (excluding diaryl/α,β-unsaturated/α-hetero) is 1. The van der Waals surface area contributed by atoms with Crippen LogP contribution in [0.25, 0.3) is 0 Å². The van der Waals surface area contributed by atoms with Gasteiger partial charge in [-0.1, -0.05) is 41.4 Å². The number of rotatable bonds is 7. The minimum absolute atomic E-state index is 0.237. The molecule has 0 atom stereocenters. The normalized spacial score (nSPS) is 10.3. The van der Waals surface area contributed by atoms with E-state index in [1.165, 1.54) is 12.1 Å². The first-order valence-corrected chi connectivity index (χ1v) is 8.62. The number of hydrogen-bond acceptors (Lipinski definition) is 4. The summed E-state index contributed by atoms with van der Waals surface area (Å²) in [5.41, 5.74) is 0.294. The number of ketones is 1. The second kappa shape index (κ2) is 8.96. The molecule has 2 aromatic carbocycles. The van der Waals surface area contributed by atoms with Crippen LogP contribution in [0, 0.1) is 0 Å². The number of thioether (sulfide) groups is 1. The third-order valence-corrected chi connectivity index (χ3v) is 4.48. The van der Waals surface area contributed by atoms with Gasteiger partial charge in [-0.25, -0.2) is 0 Å².